The number of hydrogen-bond donors (Lipinski definition) is 2. The molecule has 0 fully saturated rings. The Bertz CT molecular complexity index is 9.65. The van der Waals surface area contributed by atoms with Gasteiger partial charge in [-0.25, -0.2) is 0 Å². The Balaban J connectivity index is 0. The third-order valence-electron chi connectivity index (χ3n) is 0. The van der Waals surface area contributed by atoms with Crippen LogP contribution in [-0.4, -0.2) is 21.9 Å². The first-order chi connectivity index (χ1) is 0. The van der Waals surface area contributed by atoms with Crippen LogP contribution >= 0.6 is 0 Å². The van der Waals surface area contributed by atoms with Gasteiger partial charge < -0.3 is 34.2 Å². The van der Waals surface area contributed by atoms with E-state index in [-0.39, 0.29) is 55.3 Å². The van der Waals surface area contributed by atoms with Gasteiger partial charge in [-0.3, -0.25) is 0 Å². The second-order valence-corrected chi connectivity index (χ2v) is 0. The summed E-state index contributed by atoms with van der Waals surface area (Å²) < 4.78 is 0. The van der Waals surface area contributed by atoms with Crippen molar-refractivity contribution in [2.45, 2.75) is 0 Å². The summed E-state index contributed by atoms with van der Waals surface area (Å²) in [5.74, 6) is 0. The van der Waals surface area contributed by atoms with Crippen LogP contribution in [0.1, 0.15) is 0 Å². The Hall–Kier alpha value is 0.448. The summed E-state index contributed by atoms with van der Waals surface area (Å²) in [4.78, 5) is 0. The quantitative estimate of drug-likeness (QED) is 0.482. The molecule has 0 radical (unpaired) electrons. The van der Waals surface area contributed by atoms with Crippen LogP contribution in [-0.2, 0) is 21.1 Å². The average molecular weight is 301 g/mol. The molecular weight excluding hydrogens is 287 g/mol. The van der Waals surface area contributed by atoms with Crippen molar-refractivity contribution < 1.29 is 43.0 Å². The molecule has 58 valence electrons. The van der Waals surface area contributed by atoms with Gasteiger partial charge in [-0.2, -0.15) is 0 Å². The van der Waals surface area contributed by atoms with E-state index in [0.29, 0.717) is 0 Å². The van der Waals surface area contributed by atoms with Crippen molar-refractivity contribution in [3.63, 3.8) is 0 Å². The van der Waals surface area contributed by atoms with Crippen LogP contribution in [0.25, 0.3) is 0 Å². The van der Waals surface area contributed by atoms with E-state index in [1.807, 2.05) is 0 Å². The minimum Gasteiger partial charge on any atom is -0.412 e. The first-order valence-electron chi connectivity index (χ1n) is 0. The van der Waals surface area contributed by atoms with Gasteiger partial charge in [0, 0.05) is 21.1 Å². The molecular formula is H14N2O4Pt. The van der Waals surface area contributed by atoms with E-state index in [1.165, 1.54) is 0 Å². The normalized spacial score (nSPS) is 0. The topological polar surface area (TPSA) is 196 Å². The van der Waals surface area contributed by atoms with Crippen molar-refractivity contribution in [1.29, 1.82) is 0 Å². The summed E-state index contributed by atoms with van der Waals surface area (Å²) in [6.07, 6.45) is 0. The smallest absolute Gasteiger partial charge is 0 e. The van der Waals surface area contributed by atoms with E-state index < -0.39 is 0 Å². The van der Waals surface area contributed by atoms with Gasteiger partial charge in [0.1, 0.15) is 0 Å². The second-order valence-electron chi connectivity index (χ2n) is 0. The zero-order valence-electron chi connectivity index (χ0n) is 3.73. The molecule has 7 heteroatoms. The summed E-state index contributed by atoms with van der Waals surface area (Å²) >= 11 is 0. The Morgan fingerprint density at radius 1 is 0.429 bits per heavy atom. The zero-order valence-corrected chi connectivity index (χ0v) is 6.00. The molecule has 0 aliphatic heterocycles. The fraction of sp³-hybridized carbons (Fsp3) is 0. The predicted molar refractivity (Wildman–Crippen MR) is 24.5 cm³/mol. The predicted octanol–water partition coefficient (Wildman–Crippen LogP) is -2.98. The summed E-state index contributed by atoms with van der Waals surface area (Å²) in [5, 5.41) is 0. The van der Waals surface area contributed by atoms with E-state index in [9.17, 15) is 0 Å². The van der Waals surface area contributed by atoms with Crippen LogP contribution in [0, 0.1) is 0 Å². The van der Waals surface area contributed by atoms with Gasteiger partial charge in [0.05, 0.1) is 0 Å². The Morgan fingerprint density at radius 3 is 0.429 bits per heavy atom. The third-order valence-corrected chi connectivity index (χ3v) is 0. The Labute approximate surface area is 56.0 Å². The van der Waals surface area contributed by atoms with Crippen LogP contribution in [0.15, 0.2) is 0 Å². The average Bonchev–Trinajstić information content (AvgIpc) is 0. The van der Waals surface area contributed by atoms with Gasteiger partial charge in [0.25, 0.3) is 0 Å². The molecule has 0 unspecified atom stereocenters. The van der Waals surface area contributed by atoms with Crippen LogP contribution < -0.4 is 12.3 Å². The van der Waals surface area contributed by atoms with Gasteiger partial charge in [0.15, 0.2) is 0 Å². The molecule has 0 aliphatic rings. The molecule has 0 aliphatic carbocycles. The largest absolute Gasteiger partial charge is 0.412 e. The summed E-state index contributed by atoms with van der Waals surface area (Å²) in [6, 6.07) is 0. The Kier molecular flexibility index (Phi) is 210000. The van der Waals surface area contributed by atoms with Gasteiger partial charge in [0.2, 0.25) is 0 Å². The maximum Gasteiger partial charge on any atom is 0 e. The molecule has 0 atom stereocenters. The SMILES string of the molecule is N.N.O.O.O.O.[Pt]. The van der Waals surface area contributed by atoms with Crippen LogP contribution in [0.2, 0.25) is 0 Å². The van der Waals surface area contributed by atoms with Crippen molar-refractivity contribution in [2.24, 2.45) is 0 Å². The van der Waals surface area contributed by atoms with Crippen LogP contribution in [0.5, 0.6) is 0 Å². The Morgan fingerprint density at radius 2 is 0.429 bits per heavy atom. The monoisotopic (exact) mass is 301 g/mol. The maximum absolute atomic E-state index is 0. The van der Waals surface area contributed by atoms with E-state index in [4.69, 9.17) is 0 Å². The first kappa shape index (κ1) is 1540. The molecule has 0 saturated carbocycles. The number of hydrogen-bond acceptors (Lipinski definition) is 2. The van der Waals surface area contributed by atoms with Gasteiger partial charge in [-0.15, -0.1) is 0 Å². The molecule has 0 aromatic carbocycles. The molecule has 7 heavy (non-hydrogen) atoms. The summed E-state index contributed by atoms with van der Waals surface area (Å²) in [7, 11) is 0. The molecule has 0 spiro atoms. The van der Waals surface area contributed by atoms with Gasteiger partial charge in [-0.1, -0.05) is 0 Å². The molecule has 0 aromatic rings. The van der Waals surface area contributed by atoms with Crippen molar-refractivity contribution in [3.8, 4) is 0 Å². The van der Waals surface area contributed by atoms with Crippen LogP contribution in [0.3, 0.4) is 0 Å². The minimum atomic E-state index is 0. The molecule has 0 amide bonds. The molecule has 0 aromatic heterocycles. The van der Waals surface area contributed by atoms with Crippen molar-refractivity contribution >= 4 is 0 Å². The maximum atomic E-state index is 0. The van der Waals surface area contributed by atoms with Gasteiger partial charge in [-0.05, 0) is 0 Å². The second kappa shape index (κ2) is 952. The molecule has 14 N–H and O–H groups in total. The molecule has 0 saturated heterocycles. The molecule has 0 heterocycles. The molecule has 0 rings (SSSR count). The molecule has 0 bridgehead atoms. The van der Waals surface area contributed by atoms with E-state index in [0.717, 1.165) is 0 Å². The fourth-order valence-electron chi connectivity index (χ4n) is 0. The minimum absolute atomic E-state index is 0. The van der Waals surface area contributed by atoms with Crippen molar-refractivity contribution in [3.05, 3.63) is 0 Å². The third kappa shape index (κ3) is 635. The standard InChI is InChI=1S/2H3N.4H2O.Pt/h2*1H3;4*1H2;. The summed E-state index contributed by atoms with van der Waals surface area (Å²) in [5.41, 5.74) is 0. The van der Waals surface area contributed by atoms with Gasteiger partial charge >= 0.3 is 0 Å². The van der Waals surface area contributed by atoms with Crippen LogP contribution in [0.4, 0.5) is 0 Å². The van der Waals surface area contributed by atoms with E-state index in [1.54, 1.807) is 0 Å². The zero-order chi connectivity index (χ0) is 0. The van der Waals surface area contributed by atoms with E-state index in [2.05, 4.69) is 0 Å². The molecule has 6 nitrogen and oxygen atoms in total. The van der Waals surface area contributed by atoms with Crippen molar-refractivity contribution in [1.82, 2.24) is 12.3 Å². The summed E-state index contributed by atoms with van der Waals surface area (Å²) in [6.45, 7) is 0. The van der Waals surface area contributed by atoms with E-state index >= 15 is 0 Å². The number of rotatable bonds is 0. The fourth-order valence-corrected chi connectivity index (χ4v) is 0. The van der Waals surface area contributed by atoms with Crippen molar-refractivity contribution in [2.75, 3.05) is 0 Å². The first-order valence-corrected chi connectivity index (χ1v) is 0.